The highest BCUT2D eigenvalue weighted by atomic mass is 33.1. The number of thiol groups is 1. The monoisotopic (exact) mass is 338 g/mol. The molecule has 110 valence electrons. The summed E-state index contributed by atoms with van der Waals surface area (Å²) in [5.41, 5.74) is 0. The van der Waals surface area contributed by atoms with E-state index in [9.17, 15) is 20.2 Å². The van der Waals surface area contributed by atoms with E-state index in [-0.39, 0.29) is 5.75 Å². The van der Waals surface area contributed by atoms with Gasteiger partial charge in [-0.15, -0.1) is 32.9 Å². The van der Waals surface area contributed by atoms with Gasteiger partial charge in [0.15, 0.2) is 0 Å². The Morgan fingerprint density at radius 3 is 2.40 bits per heavy atom. The van der Waals surface area contributed by atoms with Crippen molar-refractivity contribution in [3.8, 4) is 0 Å². The molecule has 0 aliphatic heterocycles. The van der Waals surface area contributed by atoms with E-state index in [4.69, 9.17) is 0 Å². The van der Waals surface area contributed by atoms with Gasteiger partial charge < -0.3 is 9.68 Å². The predicted molar refractivity (Wildman–Crippen MR) is 76.8 cm³/mol. The lowest BCUT2D eigenvalue weighted by molar-refractivity contribution is -0.788. The average Bonchev–Trinajstić information content (AvgIpc) is 2.37. The lowest BCUT2D eigenvalue weighted by Crippen LogP contribution is -2.26. The third-order valence-electron chi connectivity index (χ3n) is 1.85. The Kier molecular flexibility index (Phi) is 7.33. The van der Waals surface area contributed by atoms with Crippen LogP contribution in [0.5, 0.6) is 0 Å². The molecule has 1 aromatic rings. The Bertz CT molecular complexity index is 458. The van der Waals surface area contributed by atoms with Gasteiger partial charge in [-0.05, 0) is 24.3 Å². The van der Waals surface area contributed by atoms with Gasteiger partial charge in [-0.25, -0.2) is 0 Å². The standard InChI is InChI=1S/C9H10N2O6S3/c12-10(13)16-5-7(17-11(14)15)6-19-20-9-3-1-8(18)2-4-9/h1-4,7,18H,5-6H2. The molecule has 0 amide bonds. The van der Waals surface area contributed by atoms with Gasteiger partial charge in [0, 0.05) is 15.5 Å². The van der Waals surface area contributed by atoms with Crippen LogP contribution in [0.25, 0.3) is 0 Å². The molecule has 1 atom stereocenters. The summed E-state index contributed by atoms with van der Waals surface area (Å²) in [7, 11) is 2.65. The van der Waals surface area contributed by atoms with Gasteiger partial charge in [0.2, 0.25) is 0 Å². The molecule has 0 aliphatic rings. The maximum atomic E-state index is 10.3. The summed E-state index contributed by atoms with van der Waals surface area (Å²) in [6.45, 7) is -0.489. The Hall–Kier alpha value is -1.33. The van der Waals surface area contributed by atoms with E-state index in [1.807, 2.05) is 24.3 Å². The van der Waals surface area contributed by atoms with E-state index in [0.29, 0.717) is 0 Å². The number of hydrogen-bond donors (Lipinski definition) is 1. The van der Waals surface area contributed by atoms with E-state index in [1.54, 1.807) is 0 Å². The van der Waals surface area contributed by atoms with Crippen molar-refractivity contribution >= 4 is 34.2 Å². The first-order valence-electron chi connectivity index (χ1n) is 5.14. The average molecular weight is 338 g/mol. The van der Waals surface area contributed by atoms with E-state index < -0.39 is 22.9 Å². The maximum absolute atomic E-state index is 10.3. The van der Waals surface area contributed by atoms with Crippen molar-refractivity contribution in [2.75, 3.05) is 12.4 Å². The Labute approximate surface area is 127 Å². The van der Waals surface area contributed by atoms with Crippen LogP contribution < -0.4 is 0 Å². The van der Waals surface area contributed by atoms with Gasteiger partial charge in [0.05, 0.1) is 0 Å². The highest BCUT2D eigenvalue weighted by Gasteiger charge is 2.16. The fourth-order valence-corrected chi connectivity index (χ4v) is 3.36. The zero-order chi connectivity index (χ0) is 15.0. The number of hydrogen-bond acceptors (Lipinski definition) is 9. The summed E-state index contributed by atoms with van der Waals surface area (Å²) in [6, 6.07) is 7.31. The largest absolute Gasteiger partial charge is 0.312 e. The van der Waals surface area contributed by atoms with Crippen molar-refractivity contribution in [1.29, 1.82) is 0 Å². The van der Waals surface area contributed by atoms with Crippen molar-refractivity contribution in [3.63, 3.8) is 0 Å². The van der Waals surface area contributed by atoms with Gasteiger partial charge in [-0.2, -0.15) is 0 Å². The molecule has 20 heavy (non-hydrogen) atoms. The number of benzene rings is 1. The Morgan fingerprint density at radius 1 is 1.20 bits per heavy atom. The fraction of sp³-hybridized carbons (Fsp3) is 0.333. The lowest BCUT2D eigenvalue weighted by Gasteiger charge is -2.12. The van der Waals surface area contributed by atoms with Crippen molar-refractivity contribution in [2.24, 2.45) is 0 Å². The SMILES string of the molecule is O=[N+]([O-])OCC(CSSc1ccc(S)cc1)O[N+](=O)[O-]. The zero-order valence-electron chi connectivity index (χ0n) is 9.91. The molecule has 8 nitrogen and oxygen atoms in total. The first-order chi connectivity index (χ1) is 9.47. The van der Waals surface area contributed by atoms with Crippen LogP contribution in [0, 0.1) is 20.2 Å². The van der Waals surface area contributed by atoms with Gasteiger partial charge in [0.1, 0.15) is 12.7 Å². The van der Waals surface area contributed by atoms with Crippen LogP contribution in [-0.2, 0) is 9.68 Å². The maximum Gasteiger partial charge on any atom is 0.294 e. The smallest absolute Gasteiger partial charge is 0.294 e. The normalized spacial score (nSPS) is 11.7. The summed E-state index contributed by atoms with van der Waals surface area (Å²) < 4.78 is 0. The molecule has 0 fully saturated rings. The summed E-state index contributed by atoms with van der Waals surface area (Å²) in [5.74, 6) is 0.169. The molecule has 1 aromatic carbocycles. The van der Waals surface area contributed by atoms with Crippen LogP contribution in [0.4, 0.5) is 0 Å². The minimum atomic E-state index is -1.01. The minimum Gasteiger partial charge on any atom is -0.312 e. The molecule has 0 saturated carbocycles. The molecule has 0 saturated heterocycles. The number of nitrogens with zero attached hydrogens (tertiary/aromatic N) is 2. The molecular weight excluding hydrogens is 328 g/mol. The van der Waals surface area contributed by atoms with E-state index in [1.165, 1.54) is 21.6 Å². The van der Waals surface area contributed by atoms with Gasteiger partial charge in [0.25, 0.3) is 10.2 Å². The highest BCUT2D eigenvalue weighted by molar-refractivity contribution is 8.76. The summed E-state index contributed by atoms with van der Waals surface area (Å²) in [6.07, 6.45) is -1.00. The predicted octanol–water partition coefficient (Wildman–Crippen LogP) is 2.50. The second-order valence-corrected chi connectivity index (χ2v) is 6.26. The molecule has 0 spiro atoms. The topological polar surface area (TPSA) is 105 Å². The van der Waals surface area contributed by atoms with E-state index in [0.717, 1.165) is 9.79 Å². The zero-order valence-corrected chi connectivity index (χ0v) is 12.4. The minimum absolute atomic E-state index is 0.169. The van der Waals surface area contributed by atoms with Gasteiger partial charge >= 0.3 is 0 Å². The van der Waals surface area contributed by atoms with Crippen LogP contribution in [0.15, 0.2) is 34.1 Å². The summed E-state index contributed by atoms with van der Waals surface area (Å²) >= 11 is 4.15. The van der Waals surface area contributed by atoms with Crippen molar-refractivity contribution in [3.05, 3.63) is 44.5 Å². The second-order valence-electron chi connectivity index (χ2n) is 3.33. The van der Waals surface area contributed by atoms with Crippen molar-refractivity contribution in [1.82, 2.24) is 0 Å². The Balaban J connectivity index is 2.38. The van der Waals surface area contributed by atoms with Crippen LogP contribution in [0.2, 0.25) is 0 Å². The third kappa shape index (κ3) is 7.31. The van der Waals surface area contributed by atoms with Crippen molar-refractivity contribution < 1.29 is 19.8 Å². The molecule has 0 bridgehead atoms. The molecule has 1 rings (SSSR count). The quantitative estimate of drug-likeness (QED) is 0.317. The van der Waals surface area contributed by atoms with Crippen LogP contribution >= 0.6 is 34.2 Å². The molecule has 0 heterocycles. The fourth-order valence-electron chi connectivity index (χ4n) is 1.05. The van der Waals surface area contributed by atoms with E-state index >= 15 is 0 Å². The van der Waals surface area contributed by atoms with Crippen LogP contribution in [0.3, 0.4) is 0 Å². The summed E-state index contributed by atoms with van der Waals surface area (Å²) in [4.78, 5) is 30.5. The van der Waals surface area contributed by atoms with Crippen LogP contribution in [0.1, 0.15) is 0 Å². The molecular formula is C9H10N2O6S3. The van der Waals surface area contributed by atoms with Crippen LogP contribution in [-0.4, -0.2) is 28.6 Å². The third-order valence-corrected chi connectivity index (χ3v) is 4.57. The first-order valence-corrected chi connectivity index (χ1v) is 7.91. The molecule has 0 N–H and O–H groups in total. The lowest BCUT2D eigenvalue weighted by atomic mass is 10.4. The van der Waals surface area contributed by atoms with Crippen molar-refractivity contribution in [2.45, 2.75) is 15.9 Å². The number of rotatable bonds is 9. The van der Waals surface area contributed by atoms with Gasteiger partial charge in [-0.1, -0.05) is 21.6 Å². The molecule has 0 aromatic heterocycles. The second kappa shape index (κ2) is 8.76. The molecule has 11 heteroatoms. The molecule has 0 aliphatic carbocycles. The Morgan fingerprint density at radius 2 is 1.85 bits per heavy atom. The molecule has 1 unspecified atom stereocenters. The first kappa shape index (κ1) is 16.7. The van der Waals surface area contributed by atoms with Gasteiger partial charge in [-0.3, -0.25) is 0 Å². The molecule has 0 radical (unpaired) electrons. The highest BCUT2D eigenvalue weighted by Crippen LogP contribution is 2.32. The summed E-state index contributed by atoms with van der Waals surface area (Å²) in [5, 5.41) is 18.3. The van der Waals surface area contributed by atoms with E-state index in [2.05, 4.69) is 22.3 Å².